The van der Waals surface area contributed by atoms with Crippen molar-refractivity contribution in [3.8, 4) is 12.3 Å². The fraction of sp³-hybridized carbons (Fsp3) is 0.714. The molecule has 1 fully saturated rings. The van der Waals surface area contributed by atoms with Gasteiger partial charge in [0, 0.05) is 13.1 Å². The zero-order valence-electron chi connectivity index (χ0n) is 11.7. The van der Waals surface area contributed by atoms with Crippen molar-refractivity contribution in [1.29, 1.82) is 0 Å². The molecule has 0 aromatic heterocycles. The Morgan fingerprint density at radius 3 is 2.42 bits per heavy atom. The summed E-state index contributed by atoms with van der Waals surface area (Å²) >= 11 is 0. The minimum atomic E-state index is -0.433. The topological polar surface area (TPSA) is 61.4 Å². The lowest BCUT2D eigenvalue weighted by atomic mass is 10.1. The molecule has 5 heteroatoms. The lowest BCUT2D eigenvalue weighted by Crippen LogP contribution is -2.52. The molecule has 0 aliphatic carbocycles. The van der Waals surface area contributed by atoms with E-state index in [9.17, 15) is 9.59 Å². The fourth-order valence-electron chi connectivity index (χ4n) is 2.20. The van der Waals surface area contributed by atoms with Crippen molar-refractivity contribution in [1.82, 2.24) is 15.5 Å². The Morgan fingerprint density at radius 1 is 1.21 bits per heavy atom. The predicted molar refractivity (Wildman–Crippen MR) is 74.3 cm³/mol. The molecule has 2 N–H and O–H groups in total. The van der Waals surface area contributed by atoms with Gasteiger partial charge < -0.3 is 10.2 Å². The van der Waals surface area contributed by atoms with Crippen LogP contribution in [0, 0.1) is 12.3 Å². The lowest BCUT2D eigenvalue weighted by Gasteiger charge is -2.30. The number of piperidine rings is 1. The second-order valence-corrected chi connectivity index (χ2v) is 4.92. The van der Waals surface area contributed by atoms with E-state index in [1.807, 2.05) is 4.90 Å². The first-order chi connectivity index (χ1) is 9.06. The highest BCUT2D eigenvalue weighted by atomic mass is 16.2. The maximum Gasteiger partial charge on any atom is 0.239 e. The van der Waals surface area contributed by atoms with E-state index in [1.165, 1.54) is 6.42 Å². The number of nitrogens with zero attached hydrogens (tertiary/aromatic N) is 1. The summed E-state index contributed by atoms with van der Waals surface area (Å²) in [4.78, 5) is 25.7. The second-order valence-electron chi connectivity index (χ2n) is 4.92. The first-order valence-electron chi connectivity index (χ1n) is 6.82. The van der Waals surface area contributed by atoms with Gasteiger partial charge in [-0.1, -0.05) is 5.92 Å². The Bertz CT molecular complexity index is 356. The number of carbonyl (C=O) groups excluding carboxylic acids is 2. The Morgan fingerprint density at radius 2 is 1.84 bits per heavy atom. The summed E-state index contributed by atoms with van der Waals surface area (Å²) < 4.78 is 0. The molecule has 0 saturated carbocycles. The quantitative estimate of drug-likeness (QED) is 0.694. The number of carbonyl (C=O) groups is 2. The SMILES string of the molecule is C#CCNC(=O)C(C)NC(C)C(=O)N1CCCCC1. The molecule has 1 heterocycles. The molecule has 2 atom stereocenters. The Balaban J connectivity index is 2.40. The van der Waals surface area contributed by atoms with Crippen LogP contribution < -0.4 is 10.6 Å². The van der Waals surface area contributed by atoms with Crippen LogP contribution in [0.25, 0.3) is 0 Å². The number of likely N-dealkylation sites (tertiary alicyclic amines) is 1. The number of nitrogens with one attached hydrogen (secondary N) is 2. The van der Waals surface area contributed by atoms with E-state index in [4.69, 9.17) is 6.42 Å². The molecule has 19 heavy (non-hydrogen) atoms. The van der Waals surface area contributed by atoms with Gasteiger partial charge in [0.05, 0.1) is 18.6 Å². The van der Waals surface area contributed by atoms with Crippen LogP contribution in [0.15, 0.2) is 0 Å². The summed E-state index contributed by atoms with van der Waals surface area (Å²) in [6, 6.07) is -0.790. The van der Waals surface area contributed by atoms with E-state index in [1.54, 1.807) is 13.8 Å². The van der Waals surface area contributed by atoms with Gasteiger partial charge in [-0.05, 0) is 33.1 Å². The lowest BCUT2D eigenvalue weighted by molar-refractivity contribution is -0.134. The zero-order valence-corrected chi connectivity index (χ0v) is 11.7. The van der Waals surface area contributed by atoms with Crippen molar-refractivity contribution >= 4 is 11.8 Å². The molecular formula is C14H23N3O2. The fourth-order valence-corrected chi connectivity index (χ4v) is 2.20. The largest absolute Gasteiger partial charge is 0.344 e. The van der Waals surface area contributed by atoms with E-state index >= 15 is 0 Å². The van der Waals surface area contributed by atoms with E-state index in [0.717, 1.165) is 25.9 Å². The number of amides is 2. The molecule has 1 rings (SSSR count). The van der Waals surface area contributed by atoms with Crippen molar-refractivity contribution in [2.24, 2.45) is 0 Å². The predicted octanol–water partition coefficient (Wildman–Crippen LogP) is 0.115. The average Bonchev–Trinajstić information content (AvgIpc) is 2.44. The zero-order chi connectivity index (χ0) is 14.3. The summed E-state index contributed by atoms with van der Waals surface area (Å²) in [5.41, 5.74) is 0. The third-order valence-electron chi connectivity index (χ3n) is 3.30. The monoisotopic (exact) mass is 265 g/mol. The van der Waals surface area contributed by atoms with Crippen LogP contribution in [0.3, 0.4) is 0 Å². The summed E-state index contributed by atoms with van der Waals surface area (Å²) in [7, 11) is 0. The molecule has 5 nitrogen and oxygen atoms in total. The molecular weight excluding hydrogens is 242 g/mol. The molecule has 0 aromatic rings. The molecule has 1 aliphatic heterocycles. The molecule has 1 saturated heterocycles. The van der Waals surface area contributed by atoms with E-state index in [2.05, 4.69) is 16.6 Å². The van der Waals surface area contributed by atoms with Crippen LogP contribution in [0.1, 0.15) is 33.1 Å². The minimum Gasteiger partial charge on any atom is -0.344 e. The minimum absolute atomic E-state index is 0.0660. The van der Waals surface area contributed by atoms with E-state index in [-0.39, 0.29) is 24.4 Å². The highest BCUT2D eigenvalue weighted by Gasteiger charge is 2.24. The number of hydrogen-bond donors (Lipinski definition) is 2. The van der Waals surface area contributed by atoms with Gasteiger partial charge in [0.1, 0.15) is 0 Å². The van der Waals surface area contributed by atoms with Gasteiger partial charge in [-0.15, -0.1) is 6.42 Å². The molecule has 0 aromatic carbocycles. The van der Waals surface area contributed by atoms with E-state index in [0.29, 0.717) is 0 Å². The third kappa shape index (κ3) is 4.92. The summed E-state index contributed by atoms with van der Waals surface area (Å²) in [6.45, 7) is 5.37. The van der Waals surface area contributed by atoms with Crippen LogP contribution in [0.4, 0.5) is 0 Å². The summed E-state index contributed by atoms with van der Waals surface area (Å²) in [6.07, 6.45) is 8.40. The Hall–Kier alpha value is -1.54. The highest BCUT2D eigenvalue weighted by molar-refractivity contribution is 5.85. The maximum absolute atomic E-state index is 12.2. The van der Waals surface area contributed by atoms with Crippen LogP contribution >= 0.6 is 0 Å². The molecule has 106 valence electrons. The molecule has 1 aliphatic rings. The molecule has 2 amide bonds. The van der Waals surface area contributed by atoms with Gasteiger partial charge in [0.15, 0.2) is 0 Å². The highest BCUT2D eigenvalue weighted by Crippen LogP contribution is 2.10. The summed E-state index contributed by atoms with van der Waals surface area (Å²) in [5, 5.41) is 5.61. The number of rotatable bonds is 5. The second kappa shape index (κ2) is 7.80. The van der Waals surface area contributed by atoms with Crippen LogP contribution in [-0.2, 0) is 9.59 Å². The van der Waals surface area contributed by atoms with Crippen LogP contribution in [-0.4, -0.2) is 48.4 Å². The van der Waals surface area contributed by atoms with Crippen molar-refractivity contribution in [3.63, 3.8) is 0 Å². The van der Waals surface area contributed by atoms with Gasteiger partial charge in [-0.2, -0.15) is 0 Å². The van der Waals surface area contributed by atoms with Gasteiger partial charge in [-0.3, -0.25) is 14.9 Å². The number of terminal acetylenes is 1. The van der Waals surface area contributed by atoms with Crippen LogP contribution in [0.2, 0.25) is 0 Å². The Kier molecular flexibility index (Phi) is 6.37. The smallest absolute Gasteiger partial charge is 0.239 e. The summed E-state index contributed by atoms with van der Waals surface area (Å²) in [5.74, 6) is 2.23. The van der Waals surface area contributed by atoms with Gasteiger partial charge in [-0.25, -0.2) is 0 Å². The number of hydrogen-bond acceptors (Lipinski definition) is 3. The molecule has 0 spiro atoms. The van der Waals surface area contributed by atoms with Crippen LogP contribution in [0.5, 0.6) is 0 Å². The van der Waals surface area contributed by atoms with Gasteiger partial charge in [0.25, 0.3) is 0 Å². The third-order valence-corrected chi connectivity index (χ3v) is 3.30. The van der Waals surface area contributed by atoms with E-state index < -0.39 is 6.04 Å². The molecule has 2 unspecified atom stereocenters. The van der Waals surface area contributed by atoms with Gasteiger partial charge >= 0.3 is 0 Å². The van der Waals surface area contributed by atoms with Crippen molar-refractivity contribution in [3.05, 3.63) is 0 Å². The van der Waals surface area contributed by atoms with Crippen molar-refractivity contribution in [2.45, 2.75) is 45.2 Å². The standard InChI is InChI=1S/C14H23N3O2/c1-4-8-15-13(18)11(2)16-12(3)14(19)17-9-6-5-7-10-17/h1,11-12,16H,5-10H2,2-3H3,(H,15,18). The first-order valence-corrected chi connectivity index (χ1v) is 6.82. The molecule has 0 bridgehead atoms. The van der Waals surface area contributed by atoms with Gasteiger partial charge in [0.2, 0.25) is 11.8 Å². The normalized spacial score (nSPS) is 18.3. The Labute approximate surface area is 115 Å². The van der Waals surface area contributed by atoms with Crippen molar-refractivity contribution < 1.29 is 9.59 Å². The van der Waals surface area contributed by atoms with Crippen molar-refractivity contribution in [2.75, 3.05) is 19.6 Å². The maximum atomic E-state index is 12.2. The first kappa shape index (κ1) is 15.5. The molecule has 0 radical (unpaired) electrons. The average molecular weight is 265 g/mol.